The Kier molecular flexibility index (Phi) is 4.53. The fourth-order valence-corrected chi connectivity index (χ4v) is 3.66. The number of hydrogen-bond donors (Lipinski definition) is 0. The van der Waals surface area contributed by atoms with E-state index in [0.29, 0.717) is 35.7 Å². The van der Waals surface area contributed by atoms with Gasteiger partial charge in [-0.3, -0.25) is 4.79 Å². The highest BCUT2D eigenvalue weighted by molar-refractivity contribution is 7.13. The summed E-state index contributed by atoms with van der Waals surface area (Å²) in [4.78, 5) is 30.6. The maximum absolute atomic E-state index is 12.5. The van der Waals surface area contributed by atoms with Gasteiger partial charge in [0, 0.05) is 18.3 Å². The van der Waals surface area contributed by atoms with Gasteiger partial charge in [-0.1, -0.05) is 12.1 Å². The number of ether oxygens (including phenoxy) is 1. The van der Waals surface area contributed by atoms with Crippen LogP contribution in [0.2, 0.25) is 0 Å². The number of carbonyl (C=O) groups is 2. The van der Waals surface area contributed by atoms with Crippen molar-refractivity contribution in [3.05, 3.63) is 59.3 Å². The SMILES string of the molecule is O=C(OCc1csc(-c2ccco2)n1)c1ccccc1N1CCCC1=O. The lowest BCUT2D eigenvalue weighted by Crippen LogP contribution is -2.26. The number of nitrogens with zero attached hydrogens (tertiary/aromatic N) is 2. The summed E-state index contributed by atoms with van der Waals surface area (Å²) < 4.78 is 10.7. The Morgan fingerprint density at radius 2 is 2.15 bits per heavy atom. The quantitative estimate of drug-likeness (QED) is 0.639. The van der Waals surface area contributed by atoms with Gasteiger partial charge in [0.2, 0.25) is 5.91 Å². The van der Waals surface area contributed by atoms with Gasteiger partial charge in [-0.2, -0.15) is 0 Å². The molecular weight excluding hydrogens is 352 g/mol. The van der Waals surface area contributed by atoms with Crippen molar-refractivity contribution in [2.75, 3.05) is 11.4 Å². The summed E-state index contributed by atoms with van der Waals surface area (Å²) >= 11 is 1.43. The van der Waals surface area contributed by atoms with Gasteiger partial charge < -0.3 is 14.1 Å². The second kappa shape index (κ2) is 7.13. The molecule has 0 aliphatic carbocycles. The van der Waals surface area contributed by atoms with Crippen LogP contribution in [0.15, 0.2) is 52.5 Å². The molecule has 3 heterocycles. The van der Waals surface area contributed by atoms with E-state index >= 15 is 0 Å². The maximum Gasteiger partial charge on any atom is 0.340 e. The van der Waals surface area contributed by atoms with E-state index in [-0.39, 0.29) is 12.5 Å². The molecule has 132 valence electrons. The van der Waals surface area contributed by atoms with Gasteiger partial charge in [-0.25, -0.2) is 9.78 Å². The predicted molar refractivity (Wildman–Crippen MR) is 97.0 cm³/mol. The maximum atomic E-state index is 12.5. The van der Waals surface area contributed by atoms with Gasteiger partial charge in [0.25, 0.3) is 0 Å². The van der Waals surface area contributed by atoms with Crippen molar-refractivity contribution in [3.63, 3.8) is 0 Å². The lowest BCUT2D eigenvalue weighted by Gasteiger charge is -2.18. The molecule has 1 fully saturated rings. The van der Waals surface area contributed by atoms with E-state index in [2.05, 4.69) is 4.98 Å². The first-order valence-corrected chi connectivity index (χ1v) is 9.15. The van der Waals surface area contributed by atoms with Crippen LogP contribution in [0.3, 0.4) is 0 Å². The summed E-state index contributed by atoms with van der Waals surface area (Å²) in [5.74, 6) is 0.256. The van der Waals surface area contributed by atoms with E-state index in [0.717, 1.165) is 11.4 Å². The Bertz CT molecular complexity index is 933. The molecule has 1 saturated heterocycles. The summed E-state index contributed by atoms with van der Waals surface area (Å²) in [5.41, 5.74) is 1.66. The summed E-state index contributed by atoms with van der Waals surface area (Å²) in [6, 6.07) is 10.7. The molecule has 26 heavy (non-hydrogen) atoms. The molecule has 1 amide bonds. The largest absolute Gasteiger partial charge is 0.462 e. The minimum absolute atomic E-state index is 0.0350. The Morgan fingerprint density at radius 1 is 1.27 bits per heavy atom. The first-order valence-electron chi connectivity index (χ1n) is 8.27. The minimum atomic E-state index is -0.465. The van der Waals surface area contributed by atoms with Crippen LogP contribution in [0.1, 0.15) is 28.9 Å². The van der Waals surface area contributed by atoms with Crippen LogP contribution in [0.4, 0.5) is 5.69 Å². The Balaban J connectivity index is 1.47. The van der Waals surface area contributed by atoms with Crippen LogP contribution >= 0.6 is 11.3 Å². The van der Waals surface area contributed by atoms with Gasteiger partial charge in [0.05, 0.1) is 23.2 Å². The zero-order valence-corrected chi connectivity index (χ0v) is 14.7. The number of rotatable bonds is 5. The fraction of sp³-hybridized carbons (Fsp3) is 0.211. The molecule has 2 aromatic heterocycles. The van der Waals surface area contributed by atoms with Gasteiger partial charge in [-0.15, -0.1) is 11.3 Å². The van der Waals surface area contributed by atoms with Crippen molar-refractivity contribution >= 4 is 28.9 Å². The molecule has 0 saturated carbocycles. The van der Waals surface area contributed by atoms with E-state index in [4.69, 9.17) is 9.15 Å². The number of hydrogen-bond acceptors (Lipinski definition) is 6. The number of aromatic nitrogens is 1. The van der Waals surface area contributed by atoms with Crippen molar-refractivity contribution in [1.29, 1.82) is 0 Å². The van der Waals surface area contributed by atoms with Gasteiger partial charge in [0.1, 0.15) is 6.61 Å². The smallest absolute Gasteiger partial charge is 0.340 e. The van der Waals surface area contributed by atoms with Gasteiger partial charge in [-0.05, 0) is 30.7 Å². The second-order valence-corrected chi connectivity index (χ2v) is 6.72. The molecule has 1 aromatic carbocycles. The predicted octanol–water partition coefficient (Wildman–Crippen LogP) is 3.89. The van der Waals surface area contributed by atoms with E-state index < -0.39 is 5.97 Å². The molecule has 0 spiro atoms. The van der Waals surface area contributed by atoms with Crippen molar-refractivity contribution < 1.29 is 18.7 Å². The summed E-state index contributed by atoms with van der Waals surface area (Å²) in [6.07, 6.45) is 2.90. The molecule has 0 radical (unpaired) electrons. The number of esters is 1. The third-order valence-electron chi connectivity index (χ3n) is 4.12. The molecule has 4 rings (SSSR count). The number of para-hydroxylation sites is 1. The minimum Gasteiger partial charge on any atom is -0.462 e. The van der Waals surface area contributed by atoms with Crippen molar-refractivity contribution in [2.24, 2.45) is 0 Å². The molecule has 1 aliphatic rings. The monoisotopic (exact) mass is 368 g/mol. The van der Waals surface area contributed by atoms with Crippen LogP contribution in [0, 0.1) is 0 Å². The number of furan rings is 1. The van der Waals surface area contributed by atoms with E-state index in [1.54, 1.807) is 35.4 Å². The normalized spacial score (nSPS) is 14.0. The van der Waals surface area contributed by atoms with Crippen molar-refractivity contribution in [2.45, 2.75) is 19.4 Å². The van der Waals surface area contributed by atoms with Crippen LogP contribution in [-0.2, 0) is 16.1 Å². The lowest BCUT2D eigenvalue weighted by atomic mass is 10.1. The molecule has 0 bridgehead atoms. The molecule has 7 heteroatoms. The summed E-state index contributed by atoms with van der Waals surface area (Å²) in [7, 11) is 0. The zero-order chi connectivity index (χ0) is 17.9. The van der Waals surface area contributed by atoms with Crippen molar-refractivity contribution in [3.8, 4) is 10.8 Å². The number of benzene rings is 1. The molecule has 0 unspecified atom stereocenters. The first kappa shape index (κ1) is 16.5. The van der Waals surface area contributed by atoms with Crippen molar-refractivity contribution in [1.82, 2.24) is 4.98 Å². The zero-order valence-electron chi connectivity index (χ0n) is 13.9. The van der Waals surface area contributed by atoms with Crippen LogP contribution in [0.5, 0.6) is 0 Å². The Morgan fingerprint density at radius 3 is 2.92 bits per heavy atom. The fourth-order valence-electron chi connectivity index (χ4n) is 2.89. The summed E-state index contributed by atoms with van der Waals surface area (Å²) in [6.45, 7) is 0.694. The lowest BCUT2D eigenvalue weighted by molar-refractivity contribution is -0.117. The topological polar surface area (TPSA) is 72.6 Å². The first-order chi connectivity index (χ1) is 12.7. The molecule has 0 N–H and O–H groups in total. The molecule has 6 nitrogen and oxygen atoms in total. The molecule has 3 aromatic rings. The number of carbonyl (C=O) groups excluding carboxylic acids is 2. The number of thiazole rings is 1. The highest BCUT2D eigenvalue weighted by Crippen LogP contribution is 2.27. The average molecular weight is 368 g/mol. The number of amides is 1. The van der Waals surface area contributed by atoms with Gasteiger partial charge in [0.15, 0.2) is 10.8 Å². The Hall–Kier alpha value is -2.93. The third kappa shape index (κ3) is 3.25. The highest BCUT2D eigenvalue weighted by Gasteiger charge is 2.26. The standard InChI is InChI=1S/C19H16N2O4S/c22-17-8-3-9-21(17)15-6-2-1-5-14(15)19(23)25-11-13-12-26-18(20-13)16-7-4-10-24-16/h1-2,4-7,10,12H,3,8-9,11H2. The van der Waals surface area contributed by atoms with Gasteiger partial charge >= 0.3 is 5.97 Å². The highest BCUT2D eigenvalue weighted by atomic mass is 32.1. The molecule has 0 atom stereocenters. The van der Waals surface area contributed by atoms with Crippen LogP contribution in [0.25, 0.3) is 10.8 Å². The molecule has 1 aliphatic heterocycles. The van der Waals surface area contributed by atoms with E-state index in [1.807, 2.05) is 17.5 Å². The second-order valence-electron chi connectivity index (χ2n) is 5.86. The van der Waals surface area contributed by atoms with E-state index in [9.17, 15) is 9.59 Å². The Labute approximate surface area is 154 Å². The third-order valence-corrected chi connectivity index (χ3v) is 5.03. The summed E-state index contributed by atoms with van der Waals surface area (Å²) in [5, 5.41) is 2.57. The van der Waals surface area contributed by atoms with E-state index in [1.165, 1.54) is 11.3 Å². The molecular formula is C19H16N2O4S. The average Bonchev–Trinajstić information content (AvgIpc) is 3.41. The number of anilines is 1. The van der Waals surface area contributed by atoms with Crippen LogP contribution in [-0.4, -0.2) is 23.4 Å². The van der Waals surface area contributed by atoms with Crippen LogP contribution < -0.4 is 4.90 Å².